The second kappa shape index (κ2) is 4.14. The molecule has 1 N–H and O–H groups in total. The lowest BCUT2D eigenvalue weighted by Gasteiger charge is -2.26. The summed E-state index contributed by atoms with van der Waals surface area (Å²) in [5, 5.41) is 3.04. The second-order valence-corrected chi connectivity index (χ2v) is 6.53. The van der Waals surface area contributed by atoms with Gasteiger partial charge in [-0.25, -0.2) is 4.79 Å². The molecule has 2 amide bonds. The summed E-state index contributed by atoms with van der Waals surface area (Å²) >= 11 is 0. The minimum absolute atomic E-state index is 0.0450. The Balaban J connectivity index is 1.97. The fourth-order valence-electron chi connectivity index (χ4n) is 2.74. The molecule has 0 aromatic heterocycles. The molecule has 2 heterocycles. The number of ether oxygens (including phenoxy) is 1. The van der Waals surface area contributed by atoms with Crippen molar-refractivity contribution in [1.29, 1.82) is 0 Å². The van der Waals surface area contributed by atoms with Crippen LogP contribution in [0.3, 0.4) is 0 Å². The second-order valence-electron chi connectivity index (χ2n) is 6.53. The molecule has 0 radical (unpaired) electrons. The lowest BCUT2D eigenvalue weighted by Crippen LogP contribution is -2.45. The predicted molar refractivity (Wildman–Crippen MR) is 67.1 cm³/mol. The number of hydrogen-bond donors (Lipinski definition) is 1. The molecular weight excluding hydrogens is 232 g/mol. The Morgan fingerprint density at radius 1 is 1.50 bits per heavy atom. The highest BCUT2D eigenvalue weighted by molar-refractivity contribution is 5.82. The van der Waals surface area contributed by atoms with E-state index in [0.29, 0.717) is 13.1 Å². The molecule has 0 saturated carbocycles. The van der Waals surface area contributed by atoms with Crippen LogP contribution in [0.15, 0.2) is 0 Å². The van der Waals surface area contributed by atoms with Crippen LogP contribution in [0.5, 0.6) is 0 Å². The predicted octanol–water partition coefficient (Wildman–Crippen LogP) is 1.52. The first-order valence-corrected chi connectivity index (χ1v) is 6.51. The van der Waals surface area contributed by atoms with Gasteiger partial charge in [-0.15, -0.1) is 0 Å². The highest BCUT2D eigenvalue weighted by atomic mass is 16.6. The number of amides is 2. The first-order chi connectivity index (χ1) is 8.21. The largest absolute Gasteiger partial charge is 0.444 e. The topological polar surface area (TPSA) is 58.6 Å². The highest BCUT2D eigenvalue weighted by Crippen LogP contribution is 2.34. The fraction of sp³-hybridized carbons (Fsp3) is 0.846. The molecule has 2 rings (SSSR count). The van der Waals surface area contributed by atoms with Crippen LogP contribution in [-0.4, -0.2) is 41.1 Å². The number of nitrogens with one attached hydrogen (secondary N) is 1. The molecule has 1 spiro atoms. The van der Waals surface area contributed by atoms with E-state index in [9.17, 15) is 9.59 Å². The minimum atomic E-state index is -0.473. The van der Waals surface area contributed by atoms with Gasteiger partial charge in [-0.2, -0.15) is 0 Å². The lowest BCUT2D eigenvalue weighted by atomic mass is 9.93. The molecule has 18 heavy (non-hydrogen) atoms. The van der Waals surface area contributed by atoms with Crippen molar-refractivity contribution < 1.29 is 14.3 Å². The van der Waals surface area contributed by atoms with E-state index in [1.54, 1.807) is 4.90 Å². The standard InChI is InChI=1S/C13H22N2O3/c1-9-7-13(14-10(9)16)5-6-15(8-13)11(17)18-12(2,3)4/h9H,5-8H2,1-4H3,(H,14,16). The molecule has 5 heteroatoms. The molecule has 102 valence electrons. The number of nitrogens with zero attached hydrogens (tertiary/aromatic N) is 1. The Labute approximate surface area is 108 Å². The molecule has 0 aliphatic carbocycles. The summed E-state index contributed by atoms with van der Waals surface area (Å²) in [5.41, 5.74) is -0.688. The van der Waals surface area contributed by atoms with Gasteiger partial charge in [0.25, 0.3) is 0 Å². The van der Waals surface area contributed by atoms with Gasteiger partial charge in [-0.3, -0.25) is 4.79 Å². The Morgan fingerprint density at radius 2 is 2.17 bits per heavy atom. The van der Waals surface area contributed by atoms with Crippen LogP contribution in [0.2, 0.25) is 0 Å². The van der Waals surface area contributed by atoms with E-state index < -0.39 is 5.60 Å². The first-order valence-electron chi connectivity index (χ1n) is 6.51. The maximum atomic E-state index is 12.0. The maximum absolute atomic E-state index is 12.0. The van der Waals surface area contributed by atoms with Crippen LogP contribution >= 0.6 is 0 Å². The fourth-order valence-corrected chi connectivity index (χ4v) is 2.74. The molecule has 0 aromatic rings. The van der Waals surface area contributed by atoms with Gasteiger partial charge in [0.1, 0.15) is 5.60 Å². The zero-order valence-corrected chi connectivity index (χ0v) is 11.6. The van der Waals surface area contributed by atoms with Crippen LogP contribution in [0.25, 0.3) is 0 Å². The zero-order valence-electron chi connectivity index (χ0n) is 11.6. The highest BCUT2D eigenvalue weighted by Gasteiger charge is 2.48. The van der Waals surface area contributed by atoms with E-state index in [1.807, 2.05) is 27.7 Å². The quantitative estimate of drug-likeness (QED) is 0.713. The van der Waals surface area contributed by atoms with Crippen LogP contribution in [0, 0.1) is 5.92 Å². The summed E-state index contributed by atoms with van der Waals surface area (Å²) in [4.78, 5) is 25.2. The van der Waals surface area contributed by atoms with Gasteiger partial charge in [-0.05, 0) is 33.6 Å². The maximum Gasteiger partial charge on any atom is 0.410 e. The van der Waals surface area contributed by atoms with Gasteiger partial charge in [0, 0.05) is 19.0 Å². The van der Waals surface area contributed by atoms with Gasteiger partial charge in [-0.1, -0.05) is 6.92 Å². The molecule has 2 fully saturated rings. The summed E-state index contributed by atoms with van der Waals surface area (Å²) in [6, 6.07) is 0. The third-order valence-corrected chi connectivity index (χ3v) is 3.54. The van der Waals surface area contributed by atoms with Crippen molar-refractivity contribution in [2.75, 3.05) is 13.1 Å². The number of hydrogen-bond acceptors (Lipinski definition) is 3. The van der Waals surface area contributed by atoms with E-state index >= 15 is 0 Å². The van der Waals surface area contributed by atoms with Crippen LogP contribution < -0.4 is 5.32 Å². The van der Waals surface area contributed by atoms with E-state index in [-0.39, 0.29) is 23.5 Å². The van der Waals surface area contributed by atoms with Crippen LogP contribution in [0.4, 0.5) is 4.79 Å². The molecule has 0 bridgehead atoms. The Morgan fingerprint density at radius 3 is 2.67 bits per heavy atom. The van der Waals surface area contributed by atoms with Gasteiger partial charge in [0.15, 0.2) is 0 Å². The molecular formula is C13H22N2O3. The van der Waals surface area contributed by atoms with Gasteiger partial charge in [0.2, 0.25) is 5.91 Å². The van der Waals surface area contributed by atoms with Crippen molar-refractivity contribution in [3.8, 4) is 0 Å². The number of rotatable bonds is 0. The number of carbonyl (C=O) groups is 2. The van der Waals surface area contributed by atoms with E-state index in [0.717, 1.165) is 12.8 Å². The lowest BCUT2D eigenvalue weighted by molar-refractivity contribution is -0.122. The molecule has 2 atom stereocenters. The molecule has 0 aromatic carbocycles. The number of carbonyl (C=O) groups excluding carboxylic acids is 2. The monoisotopic (exact) mass is 254 g/mol. The summed E-state index contributed by atoms with van der Waals surface area (Å²) < 4.78 is 5.35. The van der Waals surface area contributed by atoms with E-state index in [2.05, 4.69) is 5.32 Å². The van der Waals surface area contributed by atoms with Crippen molar-refractivity contribution in [1.82, 2.24) is 10.2 Å². The molecule has 2 unspecified atom stereocenters. The first kappa shape index (κ1) is 13.2. The SMILES string of the molecule is CC1CC2(CCN(C(=O)OC(C)(C)C)C2)NC1=O. The summed E-state index contributed by atoms with van der Waals surface area (Å²) in [6.07, 6.45) is 1.35. The third-order valence-electron chi connectivity index (χ3n) is 3.54. The number of likely N-dealkylation sites (tertiary alicyclic amines) is 1. The van der Waals surface area contributed by atoms with Gasteiger partial charge < -0.3 is 15.0 Å². The summed E-state index contributed by atoms with van der Waals surface area (Å²) in [5.74, 6) is 0.143. The molecule has 5 nitrogen and oxygen atoms in total. The normalized spacial score (nSPS) is 31.9. The molecule has 2 aliphatic heterocycles. The average molecular weight is 254 g/mol. The zero-order chi connectivity index (χ0) is 13.6. The summed E-state index contributed by atoms with van der Waals surface area (Å²) in [6.45, 7) is 8.72. The Bertz CT molecular complexity index is 375. The summed E-state index contributed by atoms with van der Waals surface area (Å²) in [7, 11) is 0. The van der Waals surface area contributed by atoms with E-state index in [4.69, 9.17) is 4.74 Å². The van der Waals surface area contributed by atoms with Crippen LogP contribution in [-0.2, 0) is 9.53 Å². The average Bonchev–Trinajstić information content (AvgIpc) is 2.70. The van der Waals surface area contributed by atoms with Crippen molar-refractivity contribution in [2.24, 2.45) is 5.92 Å². The van der Waals surface area contributed by atoms with Crippen molar-refractivity contribution in [3.05, 3.63) is 0 Å². The molecule has 2 aliphatic rings. The van der Waals surface area contributed by atoms with Crippen molar-refractivity contribution in [2.45, 2.75) is 51.7 Å². The minimum Gasteiger partial charge on any atom is -0.444 e. The van der Waals surface area contributed by atoms with E-state index in [1.165, 1.54) is 0 Å². The Hall–Kier alpha value is -1.26. The van der Waals surface area contributed by atoms with Crippen molar-refractivity contribution >= 4 is 12.0 Å². The smallest absolute Gasteiger partial charge is 0.410 e. The van der Waals surface area contributed by atoms with Crippen molar-refractivity contribution in [3.63, 3.8) is 0 Å². The molecule has 2 saturated heterocycles. The Kier molecular flexibility index (Phi) is 3.03. The van der Waals surface area contributed by atoms with Gasteiger partial charge in [0.05, 0.1) is 5.54 Å². The third kappa shape index (κ3) is 2.60. The van der Waals surface area contributed by atoms with Gasteiger partial charge >= 0.3 is 6.09 Å². The van der Waals surface area contributed by atoms with Crippen LogP contribution in [0.1, 0.15) is 40.5 Å².